The molecule has 0 aromatic heterocycles. The van der Waals surface area contributed by atoms with Crippen molar-refractivity contribution in [3.8, 4) is 0 Å². The lowest BCUT2D eigenvalue weighted by atomic mass is 9.87. The summed E-state index contributed by atoms with van der Waals surface area (Å²) < 4.78 is 0. The van der Waals surface area contributed by atoms with Gasteiger partial charge in [-0.3, -0.25) is 4.79 Å². The fourth-order valence-corrected chi connectivity index (χ4v) is 2.19. The summed E-state index contributed by atoms with van der Waals surface area (Å²) in [6.45, 7) is 0. The molecule has 2 nitrogen and oxygen atoms in total. The zero-order chi connectivity index (χ0) is 8.27. The molecular weight excluding hydrogens is 206 g/mol. The van der Waals surface area contributed by atoms with Gasteiger partial charge in [0.1, 0.15) is 0 Å². The number of halogens is 1. The Balaban J connectivity index is 2.38. The summed E-state index contributed by atoms with van der Waals surface area (Å²) in [5.74, 6) is 0.276. The molecule has 1 rings (SSSR count). The van der Waals surface area contributed by atoms with Crippen molar-refractivity contribution in [2.45, 2.75) is 36.9 Å². The monoisotopic (exact) mass is 219 g/mol. The van der Waals surface area contributed by atoms with Gasteiger partial charge in [-0.05, 0) is 18.8 Å². The Kier molecular flexibility index (Phi) is 3.37. The number of hydrogen-bond acceptors (Lipinski definition) is 1. The van der Waals surface area contributed by atoms with E-state index in [0.29, 0.717) is 5.92 Å². The van der Waals surface area contributed by atoms with Crippen molar-refractivity contribution < 1.29 is 4.79 Å². The number of carbonyl (C=O) groups is 1. The highest BCUT2D eigenvalue weighted by atomic mass is 79.9. The largest absolute Gasteiger partial charge is 0.369 e. The van der Waals surface area contributed by atoms with Crippen molar-refractivity contribution in [1.82, 2.24) is 0 Å². The predicted octanol–water partition coefficient (Wildman–Crippen LogP) is 1.82. The molecule has 0 aliphatic heterocycles. The average Bonchev–Trinajstić information content (AvgIpc) is 2.05. The van der Waals surface area contributed by atoms with Gasteiger partial charge in [0.25, 0.3) is 0 Å². The summed E-state index contributed by atoms with van der Waals surface area (Å²) in [6.07, 6.45) is 6.12. The van der Waals surface area contributed by atoms with Crippen LogP contribution in [0.3, 0.4) is 0 Å². The van der Waals surface area contributed by atoms with Gasteiger partial charge in [-0.1, -0.05) is 35.2 Å². The zero-order valence-corrected chi connectivity index (χ0v) is 8.14. The first-order valence-corrected chi connectivity index (χ1v) is 5.07. The van der Waals surface area contributed by atoms with Crippen molar-refractivity contribution in [2.24, 2.45) is 11.7 Å². The lowest BCUT2D eigenvalue weighted by Crippen LogP contribution is -2.31. The molecule has 0 aromatic carbocycles. The van der Waals surface area contributed by atoms with Crippen molar-refractivity contribution in [3.05, 3.63) is 0 Å². The molecule has 1 atom stereocenters. The molecule has 1 unspecified atom stereocenters. The van der Waals surface area contributed by atoms with Gasteiger partial charge in [0.2, 0.25) is 5.91 Å². The Hall–Kier alpha value is -0.0500. The second-order valence-electron chi connectivity index (χ2n) is 3.20. The van der Waals surface area contributed by atoms with E-state index in [1.807, 2.05) is 0 Å². The summed E-state index contributed by atoms with van der Waals surface area (Å²) in [6, 6.07) is 0. The van der Waals surface area contributed by atoms with E-state index in [2.05, 4.69) is 15.9 Å². The average molecular weight is 220 g/mol. The lowest BCUT2D eigenvalue weighted by molar-refractivity contribution is -0.118. The molecule has 0 bridgehead atoms. The Labute approximate surface area is 75.7 Å². The normalized spacial score (nSPS) is 23.0. The highest BCUT2D eigenvalue weighted by Crippen LogP contribution is 2.29. The molecule has 2 N–H and O–H groups in total. The fraction of sp³-hybridized carbons (Fsp3) is 0.875. The van der Waals surface area contributed by atoms with Crippen LogP contribution in [0.4, 0.5) is 0 Å². The van der Waals surface area contributed by atoms with Crippen molar-refractivity contribution >= 4 is 21.8 Å². The first-order chi connectivity index (χ1) is 5.22. The lowest BCUT2D eigenvalue weighted by Gasteiger charge is -2.24. The number of alkyl halides is 1. The smallest absolute Gasteiger partial charge is 0.231 e. The molecule has 1 saturated carbocycles. The predicted molar refractivity (Wildman–Crippen MR) is 48.5 cm³/mol. The molecule has 0 aromatic rings. The van der Waals surface area contributed by atoms with Gasteiger partial charge in [0.05, 0.1) is 4.83 Å². The SMILES string of the molecule is NC(=O)C(Br)C1CCCCC1. The highest BCUT2D eigenvalue weighted by molar-refractivity contribution is 9.10. The van der Waals surface area contributed by atoms with Crippen LogP contribution in [-0.4, -0.2) is 10.7 Å². The van der Waals surface area contributed by atoms with Crippen molar-refractivity contribution in [3.63, 3.8) is 0 Å². The van der Waals surface area contributed by atoms with E-state index in [4.69, 9.17) is 5.73 Å². The van der Waals surface area contributed by atoms with E-state index in [1.165, 1.54) is 19.3 Å². The number of hydrogen-bond donors (Lipinski definition) is 1. The van der Waals surface area contributed by atoms with Gasteiger partial charge in [-0.15, -0.1) is 0 Å². The second-order valence-corrected chi connectivity index (χ2v) is 4.19. The van der Waals surface area contributed by atoms with E-state index in [0.717, 1.165) is 12.8 Å². The molecule has 1 amide bonds. The second kappa shape index (κ2) is 4.10. The standard InChI is InChI=1S/C8H14BrNO/c9-7(8(10)11)6-4-2-1-3-5-6/h6-7H,1-5H2,(H2,10,11). The van der Waals surface area contributed by atoms with Gasteiger partial charge in [-0.25, -0.2) is 0 Å². The molecule has 1 aliphatic carbocycles. The van der Waals surface area contributed by atoms with Crippen molar-refractivity contribution in [2.75, 3.05) is 0 Å². The van der Waals surface area contributed by atoms with Crippen LogP contribution in [0.5, 0.6) is 0 Å². The number of rotatable bonds is 2. The van der Waals surface area contributed by atoms with Crippen LogP contribution >= 0.6 is 15.9 Å². The Morgan fingerprint density at radius 3 is 2.36 bits per heavy atom. The summed E-state index contributed by atoms with van der Waals surface area (Å²) >= 11 is 3.33. The molecular formula is C8H14BrNO. The summed E-state index contributed by atoms with van der Waals surface area (Å²) in [5, 5.41) is 0. The minimum atomic E-state index is -0.211. The molecule has 0 heterocycles. The van der Waals surface area contributed by atoms with Crippen LogP contribution in [0.15, 0.2) is 0 Å². The molecule has 0 saturated heterocycles. The van der Waals surface area contributed by atoms with Gasteiger partial charge < -0.3 is 5.73 Å². The van der Waals surface area contributed by atoms with Crippen molar-refractivity contribution in [1.29, 1.82) is 0 Å². The molecule has 1 aliphatic rings. The van der Waals surface area contributed by atoms with Crippen LogP contribution in [0.25, 0.3) is 0 Å². The van der Waals surface area contributed by atoms with Crippen LogP contribution in [-0.2, 0) is 4.79 Å². The molecule has 64 valence electrons. The first-order valence-electron chi connectivity index (χ1n) is 4.15. The summed E-state index contributed by atoms with van der Waals surface area (Å²) in [7, 11) is 0. The third-order valence-corrected chi connectivity index (χ3v) is 3.53. The quantitative estimate of drug-likeness (QED) is 0.708. The van der Waals surface area contributed by atoms with E-state index >= 15 is 0 Å². The molecule has 1 fully saturated rings. The Morgan fingerprint density at radius 1 is 1.36 bits per heavy atom. The maximum absolute atomic E-state index is 10.8. The van der Waals surface area contributed by atoms with Crippen LogP contribution in [0, 0.1) is 5.92 Å². The maximum Gasteiger partial charge on any atom is 0.231 e. The third kappa shape index (κ3) is 2.47. The van der Waals surface area contributed by atoms with E-state index in [9.17, 15) is 4.79 Å². The van der Waals surface area contributed by atoms with Crippen LogP contribution < -0.4 is 5.73 Å². The van der Waals surface area contributed by atoms with E-state index in [-0.39, 0.29) is 10.7 Å². The minimum Gasteiger partial charge on any atom is -0.369 e. The number of nitrogens with two attached hydrogens (primary N) is 1. The van der Waals surface area contributed by atoms with Gasteiger partial charge in [0.15, 0.2) is 0 Å². The molecule has 0 spiro atoms. The molecule has 0 radical (unpaired) electrons. The molecule has 11 heavy (non-hydrogen) atoms. The first kappa shape index (κ1) is 9.04. The number of amides is 1. The fourth-order valence-electron chi connectivity index (χ4n) is 1.66. The van der Waals surface area contributed by atoms with Crippen LogP contribution in [0.2, 0.25) is 0 Å². The van der Waals surface area contributed by atoms with E-state index < -0.39 is 0 Å². The van der Waals surface area contributed by atoms with Gasteiger partial charge in [0, 0.05) is 0 Å². The maximum atomic E-state index is 10.8. The molecule has 3 heteroatoms. The van der Waals surface area contributed by atoms with Crippen LogP contribution in [0.1, 0.15) is 32.1 Å². The van der Waals surface area contributed by atoms with Gasteiger partial charge >= 0.3 is 0 Å². The zero-order valence-electron chi connectivity index (χ0n) is 6.55. The van der Waals surface area contributed by atoms with E-state index in [1.54, 1.807) is 0 Å². The highest BCUT2D eigenvalue weighted by Gasteiger charge is 2.24. The summed E-state index contributed by atoms with van der Waals surface area (Å²) in [4.78, 5) is 10.7. The number of carbonyl (C=O) groups excluding carboxylic acids is 1. The Bertz CT molecular complexity index is 143. The number of primary amides is 1. The summed E-state index contributed by atoms with van der Waals surface area (Å²) in [5.41, 5.74) is 5.18. The topological polar surface area (TPSA) is 43.1 Å². The minimum absolute atomic E-state index is 0.0946. The third-order valence-electron chi connectivity index (χ3n) is 2.34. The van der Waals surface area contributed by atoms with Gasteiger partial charge in [-0.2, -0.15) is 0 Å². The Morgan fingerprint density at radius 2 is 1.91 bits per heavy atom.